The molecular formula is C18H20FN5O3. The van der Waals surface area contributed by atoms with Crippen molar-refractivity contribution in [3.8, 4) is 5.69 Å². The van der Waals surface area contributed by atoms with E-state index in [1.165, 1.54) is 33.9 Å². The van der Waals surface area contributed by atoms with Gasteiger partial charge in [-0.25, -0.2) is 14.1 Å². The molecule has 1 aliphatic rings. The van der Waals surface area contributed by atoms with Crippen molar-refractivity contribution in [1.29, 1.82) is 0 Å². The van der Waals surface area contributed by atoms with Crippen LogP contribution in [0.4, 0.5) is 4.39 Å². The zero-order valence-electron chi connectivity index (χ0n) is 14.7. The zero-order chi connectivity index (χ0) is 18.8. The van der Waals surface area contributed by atoms with E-state index in [2.05, 4.69) is 15.0 Å². The van der Waals surface area contributed by atoms with Crippen molar-refractivity contribution in [3.05, 3.63) is 53.0 Å². The number of benzene rings is 1. The van der Waals surface area contributed by atoms with Crippen molar-refractivity contribution < 1.29 is 14.2 Å². The van der Waals surface area contributed by atoms with Gasteiger partial charge in [0.05, 0.1) is 37.7 Å². The van der Waals surface area contributed by atoms with E-state index in [4.69, 9.17) is 4.74 Å². The van der Waals surface area contributed by atoms with Crippen molar-refractivity contribution in [1.82, 2.24) is 24.2 Å². The number of β-amino-alcohol motifs (C(OH)–C–C–N with tert-alkyl or cyclic N) is 1. The van der Waals surface area contributed by atoms with E-state index in [0.29, 0.717) is 36.5 Å². The summed E-state index contributed by atoms with van der Waals surface area (Å²) in [6.45, 7) is 3.48. The number of nitrogens with zero attached hydrogens (tertiary/aromatic N) is 5. The van der Waals surface area contributed by atoms with Crippen LogP contribution in [0.15, 0.2) is 41.6 Å². The van der Waals surface area contributed by atoms with Crippen LogP contribution in [0.1, 0.15) is 0 Å². The van der Waals surface area contributed by atoms with Gasteiger partial charge < -0.3 is 9.84 Å². The Hall–Kier alpha value is -2.62. The normalized spacial score (nSPS) is 16.7. The summed E-state index contributed by atoms with van der Waals surface area (Å²) >= 11 is 0. The summed E-state index contributed by atoms with van der Waals surface area (Å²) in [5, 5.41) is 14.9. The smallest absolute Gasteiger partial charge is 0.264 e. The Bertz CT molecular complexity index is 979. The van der Waals surface area contributed by atoms with Crippen LogP contribution in [0.3, 0.4) is 0 Å². The molecule has 1 aromatic carbocycles. The van der Waals surface area contributed by atoms with Gasteiger partial charge in [-0.1, -0.05) is 0 Å². The van der Waals surface area contributed by atoms with Crippen LogP contribution in [-0.4, -0.2) is 68.3 Å². The average Bonchev–Trinajstić information content (AvgIpc) is 3.10. The zero-order valence-corrected chi connectivity index (χ0v) is 14.7. The number of morpholine rings is 1. The van der Waals surface area contributed by atoms with Gasteiger partial charge in [-0.05, 0) is 24.3 Å². The van der Waals surface area contributed by atoms with E-state index in [0.717, 1.165) is 13.1 Å². The summed E-state index contributed by atoms with van der Waals surface area (Å²) in [6.07, 6.45) is 2.17. The molecule has 1 saturated heterocycles. The molecule has 27 heavy (non-hydrogen) atoms. The van der Waals surface area contributed by atoms with Crippen LogP contribution in [-0.2, 0) is 11.3 Å². The molecule has 2 aromatic heterocycles. The third-order valence-corrected chi connectivity index (χ3v) is 4.61. The number of halogens is 1. The monoisotopic (exact) mass is 373 g/mol. The summed E-state index contributed by atoms with van der Waals surface area (Å²) in [5.74, 6) is -0.347. The summed E-state index contributed by atoms with van der Waals surface area (Å²) in [4.78, 5) is 19.2. The molecule has 0 aliphatic carbocycles. The second-order valence-corrected chi connectivity index (χ2v) is 6.54. The summed E-state index contributed by atoms with van der Waals surface area (Å²) in [6, 6.07) is 5.79. The topological polar surface area (TPSA) is 85.4 Å². The predicted octanol–water partition coefficient (Wildman–Crippen LogP) is 0.414. The number of fused-ring (bicyclic) bond motifs is 1. The Morgan fingerprint density at radius 2 is 1.93 bits per heavy atom. The Labute approximate surface area is 154 Å². The summed E-state index contributed by atoms with van der Waals surface area (Å²) < 4.78 is 21.3. The van der Waals surface area contributed by atoms with Crippen molar-refractivity contribution in [2.24, 2.45) is 0 Å². The number of aliphatic hydroxyl groups excluding tert-OH is 1. The van der Waals surface area contributed by atoms with Gasteiger partial charge in [0.25, 0.3) is 5.56 Å². The summed E-state index contributed by atoms with van der Waals surface area (Å²) in [5.41, 5.74) is 0.739. The lowest BCUT2D eigenvalue weighted by Crippen LogP contribution is -2.42. The van der Waals surface area contributed by atoms with Crippen LogP contribution in [0.25, 0.3) is 16.7 Å². The highest BCUT2D eigenvalue weighted by atomic mass is 19.1. The highest BCUT2D eigenvalue weighted by Gasteiger charge is 2.17. The largest absolute Gasteiger partial charge is 0.390 e. The lowest BCUT2D eigenvalue weighted by Gasteiger charge is -2.28. The predicted molar refractivity (Wildman–Crippen MR) is 96.3 cm³/mol. The molecule has 0 bridgehead atoms. The maximum Gasteiger partial charge on any atom is 0.264 e. The molecule has 3 heterocycles. The van der Waals surface area contributed by atoms with Gasteiger partial charge in [0.1, 0.15) is 17.5 Å². The van der Waals surface area contributed by atoms with Gasteiger partial charge in [-0.2, -0.15) is 5.10 Å². The molecule has 0 saturated carbocycles. The average molecular weight is 373 g/mol. The SMILES string of the molecule is O=c1c2cnn(-c3ccc(F)cc3)c2ncn1CC(O)CN1CCOCC1. The van der Waals surface area contributed by atoms with Crippen LogP contribution < -0.4 is 5.56 Å². The number of aromatic nitrogens is 4. The molecule has 0 amide bonds. The maximum absolute atomic E-state index is 13.1. The minimum atomic E-state index is -0.688. The third-order valence-electron chi connectivity index (χ3n) is 4.61. The number of rotatable bonds is 5. The fourth-order valence-electron chi connectivity index (χ4n) is 3.22. The molecule has 8 nitrogen and oxygen atoms in total. The quantitative estimate of drug-likeness (QED) is 0.698. The third kappa shape index (κ3) is 3.75. The van der Waals surface area contributed by atoms with Gasteiger partial charge in [0, 0.05) is 19.6 Å². The Kier molecular flexibility index (Phi) is 4.97. The molecule has 4 rings (SSSR count). The summed E-state index contributed by atoms with van der Waals surface area (Å²) in [7, 11) is 0. The maximum atomic E-state index is 13.1. The molecule has 0 spiro atoms. The Morgan fingerprint density at radius 3 is 2.67 bits per heavy atom. The Morgan fingerprint density at radius 1 is 1.19 bits per heavy atom. The fraction of sp³-hybridized carbons (Fsp3) is 0.389. The van der Waals surface area contributed by atoms with E-state index < -0.39 is 6.10 Å². The second kappa shape index (κ2) is 7.55. The van der Waals surface area contributed by atoms with Crippen molar-refractivity contribution in [2.45, 2.75) is 12.6 Å². The van der Waals surface area contributed by atoms with E-state index in [1.807, 2.05) is 0 Å². The van der Waals surface area contributed by atoms with Crippen LogP contribution in [0, 0.1) is 5.82 Å². The first-order valence-electron chi connectivity index (χ1n) is 8.79. The second-order valence-electron chi connectivity index (χ2n) is 6.54. The van der Waals surface area contributed by atoms with Crippen LogP contribution in [0.5, 0.6) is 0 Å². The fourth-order valence-corrected chi connectivity index (χ4v) is 3.22. The first kappa shape index (κ1) is 17.8. The highest BCUT2D eigenvalue weighted by Crippen LogP contribution is 2.14. The molecule has 3 aromatic rings. The molecule has 0 radical (unpaired) electrons. The van der Waals surface area contributed by atoms with E-state index >= 15 is 0 Å². The number of ether oxygens (including phenoxy) is 1. The standard InChI is InChI=1S/C18H20FN5O3/c19-13-1-3-14(4-2-13)24-17-16(9-21-24)18(26)23(12-20-17)11-15(25)10-22-5-7-27-8-6-22/h1-4,9,12,15,25H,5-8,10-11H2. The van der Waals surface area contributed by atoms with Crippen molar-refractivity contribution in [2.75, 3.05) is 32.8 Å². The lowest BCUT2D eigenvalue weighted by atomic mass is 10.3. The van der Waals surface area contributed by atoms with Crippen LogP contribution >= 0.6 is 0 Å². The highest BCUT2D eigenvalue weighted by molar-refractivity contribution is 5.74. The number of aliphatic hydroxyl groups is 1. The van der Waals surface area contributed by atoms with Gasteiger partial charge >= 0.3 is 0 Å². The number of hydrogen-bond donors (Lipinski definition) is 1. The van der Waals surface area contributed by atoms with E-state index in [9.17, 15) is 14.3 Å². The van der Waals surface area contributed by atoms with E-state index in [1.54, 1.807) is 12.1 Å². The number of hydrogen-bond acceptors (Lipinski definition) is 6. The van der Waals surface area contributed by atoms with Crippen molar-refractivity contribution in [3.63, 3.8) is 0 Å². The van der Waals surface area contributed by atoms with Gasteiger partial charge in [-0.15, -0.1) is 0 Å². The molecule has 1 atom stereocenters. The molecule has 1 fully saturated rings. The molecule has 1 aliphatic heterocycles. The molecule has 1 N–H and O–H groups in total. The van der Waals surface area contributed by atoms with Crippen LogP contribution in [0.2, 0.25) is 0 Å². The lowest BCUT2D eigenvalue weighted by molar-refractivity contribution is 0.0113. The first-order valence-corrected chi connectivity index (χ1v) is 8.79. The van der Waals surface area contributed by atoms with Gasteiger partial charge in [-0.3, -0.25) is 14.3 Å². The molecular weight excluding hydrogens is 353 g/mol. The van der Waals surface area contributed by atoms with Crippen molar-refractivity contribution >= 4 is 11.0 Å². The molecule has 9 heteroatoms. The van der Waals surface area contributed by atoms with E-state index in [-0.39, 0.29) is 17.9 Å². The minimum Gasteiger partial charge on any atom is -0.390 e. The minimum absolute atomic E-state index is 0.154. The molecule has 1 unspecified atom stereocenters. The first-order chi connectivity index (χ1) is 13.1. The Balaban J connectivity index is 1.55. The van der Waals surface area contributed by atoms with Gasteiger partial charge in [0.15, 0.2) is 5.65 Å². The molecule has 142 valence electrons. The van der Waals surface area contributed by atoms with Gasteiger partial charge in [0.2, 0.25) is 0 Å².